The Morgan fingerprint density at radius 1 is 1.13 bits per heavy atom. The van der Waals surface area contributed by atoms with E-state index in [9.17, 15) is 14.0 Å². The fourth-order valence-electron chi connectivity index (χ4n) is 2.93. The van der Waals surface area contributed by atoms with Gasteiger partial charge in [0.1, 0.15) is 11.3 Å². The summed E-state index contributed by atoms with van der Waals surface area (Å²) in [6, 6.07) is 14.2. The third kappa shape index (κ3) is 4.46. The molecule has 4 rings (SSSR count). The Balaban J connectivity index is 1.31. The van der Waals surface area contributed by atoms with Gasteiger partial charge in [-0.2, -0.15) is 0 Å². The highest BCUT2D eigenvalue weighted by atomic mass is 35.5. The van der Waals surface area contributed by atoms with Crippen molar-refractivity contribution in [3.05, 3.63) is 83.0 Å². The number of rotatable bonds is 7. The van der Waals surface area contributed by atoms with Gasteiger partial charge in [0, 0.05) is 11.6 Å². The molecule has 30 heavy (non-hydrogen) atoms. The molecule has 1 aromatic heterocycles. The van der Waals surface area contributed by atoms with Crippen molar-refractivity contribution in [3.8, 4) is 11.5 Å². The number of halogens is 2. The number of furan rings is 1. The molecule has 2 amide bonds. The lowest BCUT2D eigenvalue weighted by Gasteiger charge is -2.16. The van der Waals surface area contributed by atoms with Gasteiger partial charge >= 0.3 is 0 Å². The highest BCUT2D eigenvalue weighted by Crippen LogP contribution is 2.36. The summed E-state index contributed by atoms with van der Waals surface area (Å²) in [4.78, 5) is 24.7. The maximum Gasteiger partial charge on any atom is 0.287 e. The zero-order valence-corrected chi connectivity index (χ0v) is 16.5. The van der Waals surface area contributed by atoms with Crippen molar-refractivity contribution in [1.82, 2.24) is 10.6 Å². The molecule has 2 N–H and O–H groups in total. The van der Waals surface area contributed by atoms with Gasteiger partial charge in [0.25, 0.3) is 5.91 Å². The fourth-order valence-corrected chi connectivity index (χ4v) is 3.09. The number of hydrogen-bond donors (Lipinski definition) is 2. The lowest BCUT2D eigenvalue weighted by molar-refractivity contribution is -0.124. The summed E-state index contributed by atoms with van der Waals surface area (Å²) >= 11 is 5.73. The van der Waals surface area contributed by atoms with E-state index in [1.807, 2.05) is 0 Å². The summed E-state index contributed by atoms with van der Waals surface area (Å²) in [7, 11) is 0. The topological polar surface area (TPSA) is 80.6 Å². The number of carbonyl (C=O) groups excluding carboxylic acids is 2. The average molecular weight is 429 g/mol. The Labute approximate surface area is 177 Å². The standard InChI is InChI=1S/C22H18ClFN2O4/c23-15-5-8-18(17(24)12-15)30-16-6-3-14(4-7-16)13-25-21(28)22(9-10-22)26-20(27)19-2-1-11-29-19/h1-8,11-12H,9-10,13H2,(H,25,28)(H,26,27). The Hall–Kier alpha value is -3.32. The first-order valence-corrected chi connectivity index (χ1v) is 9.69. The van der Waals surface area contributed by atoms with Crippen LogP contribution in [0.15, 0.2) is 65.3 Å². The van der Waals surface area contributed by atoms with E-state index in [1.165, 1.54) is 18.4 Å². The molecule has 2 aromatic carbocycles. The number of nitrogens with one attached hydrogen (secondary N) is 2. The van der Waals surface area contributed by atoms with E-state index in [4.69, 9.17) is 20.8 Å². The largest absolute Gasteiger partial charge is 0.459 e. The van der Waals surface area contributed by atoms with E-state index in [1.54, 1.807) is 42.5 Å². The quantitative estimate of drug-likeness (QED) is 0.583. The molecular weight excluding hydrogens is 411 g/mol. The molecule has 0 aliphatic heterocycles. The lowest BCUT2D eigenvalue weighted by Crippen LogP contribution is -2.48. The van der Waals surface area contributed by atoms with Gasteiger partial charge in [-0.3, -0.25) is 9.59 Å². The first kappa shape index (κ1) is 20.0. The lowest BCUT2D eigenvalue weighted by atomic mass is 10.2. The molecule has 1 aliphatic carbocycles. The number of amides is 2. The van der Waals surface area contributed by atoms with Gasteiger partial charge in [-0.05, 0) is 60.9 Å². The van der Waals surface area contributed by atoms with Crippen LogP contribution in [0.5, 0.6) is 11.5 Å². The van der Waals surface area contributed by atoms with Crippen LogP contribution in [0.25, 0.3) is 0 Å². The van der Waals surface area contributed by atoms with Crippen molar-refractivity contribution < 1.29 is 23.1 Å². The first-order valence-electron chi connectivity index (χ1n) is 9.31. The molecule has 154 valence electrons. The molecule has 1 aliphatic rings. The van der Waals surface area contributed by atoms with Crippen LogP contribution in [0.3, 0.4) is 0 Å². The van der Waals surface area contributed by atoms with Crippen LogP contribution in [0, 0.1) is 5.82 Å². The van der Waals surface area contributed by atoms with Gasteiger partial charge in [-0.15, -0.1) is 0 Å². The number of carbonyl (C=O) groups is 2. The Morgan fingerprint density at radius 2 is 1.90 bits per heavy atom. The second-order valence-electron chi connectivity index (χ2n) is 7.02. The SMILES string of the molecule is O=C(NC1(C(=O)NCc2ccc(Oc3ccc(Cl)cc3F)cc2)CC1)c1ccco1. The second-order valence-corrected chi connectivity index (χ2v) is 7.45. The predicted octanol–water partition coefficient (Wildman–Crippen LogP) is 4.44. The molecule has 1 saturated carbocycles. The van der Waals surface area contributed by atoms with Crippen LogP contribution in [-0.2, 0) is 11.3 Å². The third-order valence-electron chi connectivity index (χ3n) is 4.78. The van der Waals surface area contributed by atoms with Crippen LogP contribution >= 0.6 is 11.6 Å². The molecule has 0 bridgehead atoms. The van der Waals surface area contributed by atoms with Crippen molar-refractivity contribution in [2.45, 2.75) is 24.9 Å². The molecule has 0 radical (unpaired) electrons. The van der Waals surface area contributed by atoms with Gasteiger partial charge in [0.05, 0.1) is 6.26 Å². The normalized spacial score (nSPS) is 14.1. The molecule has 0 saturated heterocycles. The van der Waals surface area contributed by atoms with Crippen molar-refractivity contribution in [1.29, 1.82) is 0 Å². The van der Waals surface area contributed by atoms with Crippen LogP contribution in [-0.4, -0.2) is 17.4 Å². The molecule has 0 spiro atoms. The summed E-state index contributed by atoms with van der Waals surface area (Å²) in [6.45, 7) is 0.285. The molecule has 0 unspecified atom stereocenters. The second kappa shape index (κ2) is 8.20. The highest BCUT2D eigenvalue weighted by Gasteiger charge is 2.51. The van der Waals surface area contributed by atoms with E-state index in [2.05, 4.69) is 10.6 Å². The summed E-state index contributed by atoms with van der Waals surface area (Å²) in [6.07, 6.45) is 2.55. The molecule has 1 fully saturated rings. The van der Waals surface area contributed by atoms with Crippen molar-refractivity contribution in [2.24, 2.45) is 0 Å². The minimum absolute atomic E-state index is 0.0726. The zero-order valence-electron chi connectivity index (χ0n) is 15.8. The van der Waals surface area contributed by atoms with Gasteiger partial charge in [0.2, 0.25) is 5.91 Å². The number of hydrogen-bond acceptors (Lipinski definition) is 4. The Kier molecular flexibility index (Phi) is 5.46. The molecule has 1 heterocycles. The predicted molar refractivity (Wildman–Crippen MR) is 108 cm³/mol. The van der Waals surface area contributed by atoms with Crippen LogP contribution < -0.4 is 15.4 Å². The fraction of sp³-hybridized carbons (Fsp3) is 0.182. The zero-order chi connectivity index (χ0) is 21.1. The van der Waals surface area contributed by atoms with E-state index < -0.39 is 17.3 Å². The minimum atomic E-state index is -0.890. The van der Waals surface area contributed by atoms with Crippen LogP contribution in [0.2, 0.25) is 5.02 Å². The van der Waals surface area contributed by atoms with Crippen molar-refractivity contribution >= 4 is 23.4 Å². The molecule has 6 nitrogen and oxygen atoms in total. The Bertz CT molecular complexity index is 1060. The van der Waals surface area contributed by atoms with Crippen molar-refractivity contribution in [2.75, 3.05) is 0 Å². The first-order chi connectivity index (χ1) is 14.4. The minimum Gasteiger partial charge on any atom is -0.459 e. The van der Waals surface area contributed by atoms with Crippen LogP contribution in [0.1, 0.15) is 29.0 Å². The summed E-state index contributed by atoms with van der Waals surface area (Å²) in [5, 5.41) is 5.87. The molecule has 3 aromatic rings. The Morgan fingerprint density at radius 3 is 2.53 bits per heavy atom. The summed E-state index contributed by atoms with van der Waals surface area (Å²) in [5.41, 5.74) is -0.0561. The van der Waals surface area contributed by atoms with Gasteiger partial charge in [0.15, 0.2) is 17.3 Å². The van der Waals surface area contributed by atoms with Gasteiger partial charge in [-0.1, -0.05) is 23.7 Å². The molecule has 0 atom stereocenters. The van der Waals surface area contributed by atoms with E-state index in [-0.39, 0.29) is 24.0 Å². The average Bonchev–Trinajstić information content (AvgIpc) is 3.30. The summed E-state index contributed by atoms with van der Waals surface area (Å²) < 4.78 is 24.4. The van der Waals surface area contributed by atoms with Crippen molar-refractivity contribution in [3.63, 3.8) is 0 Å². The monoisotopic (exact) mass is 428 g/mol. The highest BCUT2D eigenvalue weighted by molar-refractivity contribution is 6.30. The maximum atomic E-state index is 13.8. The van der Waals surface area contributed by atoms with Gasteiger partial charge in [-0.25, -0.2) is 4.39 Å². The summed E-state index contributed by atoms with van der Waals surface area (Å²) in [5.74, 6) is -0.513. The third-order valence-corrected chi connectivity index (χ3v) is 5.02. The van der Waals surface area contributed by atoms with E-state index >= 15 is 0 Å². The molecular formula is C22H18ClFN2O4. The molecule has 8 heteroatoms. The number of benzene rings is 2. The van der Waals surface area contributed by atoms with E-state index in [0.717, 1.165) is 5.56 Å². The van der Waals surface area contributed by atoms with Gasteiger partial charge < -0.3 is 19.8 Å². The smallest absolute Gasteiger partial charge is 0.287 e. The number of ether oxygens (including phenoxy) is 1. The van der Waals surface area contributed by atoms with E-state index in [0.29, 0.717) is 23.6 Å². The van der Waals surface area contributed by atoms with Crippen LogP contribution in [0.4, 0.5) is 4.39 Å². The maximum absolute atomic E-state index is 13.8.